The van der Waals surface area contributed by atoms with Crippen molar-refractivity contribution in [1.29, 1.82) is 0 Å². The number of benzene rings is 1. The monoisotopic (exact) mass is 347 g/mol. The van der Waals surface area contributed by atoms with Crippen molar-refractivity contribution in [2.45, 2.75) is 32.1 Å². The zero-order valence-electron chi connectivity index (χ0n) is 15.3. The van der Waals surface area contributed by atoms with Crippen LogP contribution in [0.5, 0.6) is 5.75 Å². The summed E-state index contributed by atoms with van der Waals surface area (Å²) in [5.74, 6) is 0.456. The molecule has 0 spiro atoms. The van der Waals surface area contributed by atoms with E-state index in [1.807, 2.05) is 12.1 Å². The minimum Gasteiger partial charge on any atom is -0.497 e. The molecule has 138 valence electrons. The molecule has 0 radical (unpaired) electrons. The highest BCUT2D eigenvalue weighted by molar-refractivity contribution is 5.94. The summed E-state index contributed by atoms with van der Waals surface area (Å²) >= 11 is 0. The molecule has 1 aromatic rings. The number of ether oxygens (including phenoxy) is 1. The smallest absolute Gasteiger partial charge is 0.243 e. The number of nitrogens with zero attached hydrogens (tertiary/aromatic N) is 2. The van der Waals surface area contributed by atoms with Crippen LogP contribution in [0.2, 0.25) is 0 Å². The number of likely N-dealkylation sites (N-methyl/N-ethyl adjacent to an activating group) is 1. The second-order valence-electron chi connectivity index (χ2n) is 6.57. The minimum atomic E-state index is -0.211. The van der Waals surface area contributed by atoms with Gasteiger partial charge in [-0.3, -0.25) is 14.5 Å². The van der Waals surface area contributed by atoms with E-state index in [9.17, 15) is 9.59 Å². The summed E-state index contributed by atoms with van der Waals surface area (Å²) in [4.78, 5) is 28.2. The number of anilines is 1. The third-order valence-electron chi connectivity index (χ3n) is 4.47. The van der Waals surface area contributed by atoms with Gasteiger partial charge in [-0.2, -0.15) is 0 Å². The van der Waals surface area contributed by atoms with E-state index in [2.05, 4.69) is 10.2 Å². The highest BCUT2D eigenvalue weighted by atomic mass is 16.5. The quantitative estimate of drug-likeness (QED) is 0.858. The Morgan fingerprint density at radius 1 is 1.16 bits per heavy atom. The molecule has 0 unspecified atom stereocenters. The van der Waals surface area contributed by atoms with Gasteiger partial charge >= 0.3 is 0 Å². The van der Waals surface area contributed by atoms with E-state index in [0.29, 0.717) is 18.0 Å². The molecule has 1 aliphatic heterocycles. The summed E-state index contributed by atoms with van der Waals surface area (Å²) in [5.41, 5.74) is 0.661. The zero-order chi connectivity index (χ0) is 18.1. The highest BCUT2D eigenvalue weighted by Crippen LogP contribution is 2.16. The van der Waals surface area contributed by atoms with Crippen LogP contribution in [0, 0.1) is 0 Å². The standard InChI is InChI=1S/C19H29N3O3/c1-21(19(24)15-22-11-6-4-3-5-7-12-22)14-18(23)20-16-9-8-10-17(13-16)25-2/h8-10,13H,3-7,11-12,14-15H2,1-2H3,(H,20,23). The molecule has 1 aliphatic rings. The highest BCUT2D eigenvalue weighted by Gasteiger charge is 2.17. The first-order valence-corrected chi connectivity index (χ1v) is 8.98. The number of hydrogen-bond donors (Lipinski definition) is 1. The molecule has 1 N–H and O–H groups in total. The van der Waals surface area contributed by atoms with Crippen molar-refractivity contribution in [3.05, 3.63) is 24.3 Å². The minimum absolute atomic E-state index is 0.0126. The Morgan fingerprint density at radius 2 is 1.84 bits per heavy atom. The molecule has 2 amide bonds. The number of methoxy groups -OCH3 is 1. The van der Waals surface area contributed by atoms with E-state index in [1.54, 1.807) is 26.3 Å². The van der Waals surface area contributed by atoms with Gasteiger partial charge in [0.2, 0.25) is 11.8 Å². The summed E-state index contributed by atoms with van der Waals surface area (Å²) < 4.78 is 5.14. The number of carbonyl (C=O) groups is 2. The zero-order valence-corrected chi connectivity index (χ0v) is 15.3. The van der Waals surface area contributed by atoms with Gasteiger partial charge in [-0.25, -0.2) is 0 Å². The number of amides is 2. The van der Waals surface area contributed by atoms with E-state index < -0.39 is 0 Å². The summed E-state index contributed by atoms with van der Waals surface area (Å²) in [5, 5.41) is 2.80. The van der Waals surface area contributed by atoms with Gasteiger partial charge in [0.1, 0.15) is 5.75 Å². The van der Waals surface area contributed by atoms with E-state index in [1.165, 1.54) is 24.2 Å². The molecule has 25 heavy (non-hydrogen) atoms. The molecule has 0 aliphatic carbocycles. The molecule has 0 saturated carbocycles. The Hall–Kier alpha value is -2.08. The van der Waals surface area contributed by atoms with Gasteiger partial charge < -0.3 is 15.0 Å². The molecule has 0 bridgehead atoms. The lowest BCUT2D eigenvalue weighted by atomic mass is 10.1. The molecule has 0 aromatic heterocycles. The lowest BCUT2D eigenvalue weighted by Crippen LogP contribution is -2.42. The third-order valence-corrected chi connectivity index (χ3v) is 4.47. The molecule has 6 nitrogen and oxygen atoms in total. The first-order valence-electron chi connectivity index (χ1n) is 8.98. The van der Waals surface area contributed by atoms with E-state index >= 15 is 0 Å². The molecule has 1 fully saturated rings. The predicted molar refractivity (Wildman–Crippen MR) is 98.8 cm³/mol. The maximum absolute atomic E-state index is 12.4. The van der Waals surface area contributed by atoms with Crippen LogP contribution in [0.1, 0.15) is 32.1 Å². The molecule has 6 heteroatoms. The van der Waals surface area contributed by atoms with E-state index in [-0.39, 0.29) is 18.4 Å². The number of hydrogen-bond acceptors (Lipinski definition) is 4. The van der Waals surface area contributed by atoms with Crippen LogP contribution in [0.4, 0.5) is 5.69 Å². The number of nitrogens with one attached hydrogen (secondary N) is 1. The number of likely N-dealkylation sites (tertiary alicyclic amines) is 1. The predicted octanol–water partition coefficient (Wildman–Crippen LogP) is 2.36. The van der Waals surface area contributed by atoms with Crippen LogP contribution < -0.4 is 10.1 Å². The number of carbonyl (C=O) groups excluding carboxylic acids is 2. The van der Waals surface area contributed by atoms with Crippen LogP contribution in [0.25, 0.3) is 0 Å². The molecule has 1 heterocycles. The Morgan fingerprint density at radius 3 is 2.52 bits per heavy atom. The summed E-state index contributed by atoms with van der Waals surface area (Å²) in [6.45, 7) is 2.37. The van der Waals surface area contributed by atoms with Crippen LogP contribution >= 0.6 is 0 Å². The van der Waals surface area contributed by atoms with Gasteiger partial charge in [-0.1, -0.05) is 25.3 Å². The van der Waals surface area contributed by atoms with Crippen molar-refractivity contribution in [1.82, 2.24) is 9.80 Å². The van der Waals surface area contributed by atoms with Crippen molar-refractivity contribution in [3.8, 4) is 5.75 Å². The summed E-state index contributed by atoms with van der Waals surface area (Å²) in [6.07, 6.45) is 6.07. The van der Waals surface area contributed by atoms with Gasteiger partial charge in [0.05, 0.1) is 20.2 Å². The van der Waals surface area contributed by atoms with Crippen molar-refractivity contribution < 1.29 is 14.3 Å². The SMILES string of the molecule is COc1cccc(NC(=O)CN(C)C(=O)CN2CCCCCCC2)c1. The molecule has 2 rings (SSSR count). The maximum Gasteiger partial charge on any atom is 0.243 e. The van der Waals surface area contributed by atoms with Gasteiger partial charge in [-0.05, 0) is 38.1 Å². The van der Waals surface area contributed by atoms with Crippen LogP contribution in [0.3, 0.4) is 0 Å². The lowest BCUT2D eigenvalue weighted by Gasteiger charge is -2.26. The van der Waals surface area contributed by atoms with Crippen molar-refractivity contribution >= 4 is 17.5 Å². The van der Waals surface area contributed by atoms with Crippen LogP contribution in [0.15, 0.2) is 24.3 Å². The van der Waals surface area contributed by atoms with Crippen LogP contribution in [-0.2, 0) is 9.59 Å². The van der Waals surface area contributed by atoms with E-state index in [4.69, 9.17) is 4.74 Å². The maximum atomic E-state index is 12.4. The van der Waals surface area contributed by atoms with E-state index in [0.717, 1.165) is 25.9 Å². The summed E-state index contributed by atoms with van der Waals surface area (Å²) in [6, 6.07) is 7.17. The molecular formula is C19H29N3O3. The Bertz CT molecular complexity index is 569. The fourth-order valence-electron chi connectivity index (χ4n) is 2.99. The Balaban J connectivity index is 1.79. The van der Waals surface area contributed by atoms with Crippen LogP contribution in [-0.4, -0.2) is 62.0 Å². The third kappa shape index (κ3) is 6.74. The van der Waals surface area contributed by atoms with Gasteiger partial charge in [0.25, 0.3) is 0 Å². The Labute approximate surface area is 150 Å². The Kier molecular flexibility index (Phi) is 7.73. The van der Waals surface area contributed by atoms with Gasteiger partial charge in [-0.15, -0.1) is 0 Å². The molecule has 1 aromatic carbocycles. The van der Waals surface area contributed by atoms with Gasteiger partial charge in [0, 0.05) is 18.8 Å². The average Bonchev–Trinajstić information content (AvgIpc) is 2.57. The molecule has 1 saturated heterocycles. The first kappa shape index (κ1) is 19.2. The average molecular weight is 347 g/mol. The fourth-order valence-corrected chi connectivity index (χ4v) is 2.99. The molecular weight excluding hydrogens is 318 g/mol. The second kappa shape index (κ2) is 10.0. The lowest BCUT2D eigenvalue weighted by molar-refractivity contribution is -0.134. The van der Waals surface area contributed by atoms with Crippen molar-refractivity contribution in [2.75, 3.05) is 45.7 Å². The molecule has 0 atom stereocenters. The van der Waals surface area contributed by atoms with Crippen molar-refractivity contribution in [2.24, 2.45) is 0 Å². The van der Waals surface area contributed by atoms with Crippen molar-refractivity contribution in [3.63, 3.8) is 0 Å². The summed E-state index contributed by atoms with van der Waals surface area (Å²) in [7, 11) is 3.26. The fraction of sp³-hybridized carbons (Fsp3) is 0.579. The second-order valence-corrected chi connectivity index (χ2v) is 6.57. The van der Waals surface area contributed by atoms with Gasteiger partial charge in [0.15, 0.2) is 0 Å². The first-order chi connectivity index (χ1) is 12.1. The topological polar surface area (TPSA) is 61.9 Å². The number of rotatable bonds is 6. The normalized spacial score (nSPS) is 15.8. The largest absolute Gasteiger partial charge is 0.497 e.